The van der Waals surface area contributed by atoms with Crippen LogP contribution in [0.4, 0.5) is 0 Å². The second kappa shape index (κ2) is 13.8. The Hall–Kier alpha value is -5.32. The van der Waals surface area contributed by atoms with E-state index < -0.39 is 61.2 Å². The van der Waals surface area contributed by atoms with E-state index in [2.05, 4.69) is 0 Å². The molecule has 5 rings (SSSR count). The van der Waals surface area contributed by atoms with Gasteiger partial charge in [0.25, 0.3) is 0 Å². The van der Waals surface area contributed by atoms with Crippen molar-refractivity contribution in [3.05, 3.63) is 144 Å². The van der Waals surface area contributed by atoms with Gasteiger partial charge in [-0.3, -0.25) is 0 Å². The van der Waals surface area contributed by atoms with Gasteiger partial charge in [0.1, 0.15) is 6.61 Å². The summed E-state index contributed by atoms with van der Waals surface area (Å²) in [5.74, 6) is -5.81. The highest BCUT2D eigenvalue weighted by Crippen LogP contribution is 2.33. The first-order valence-corrected chi connectivity index (χ1v) is 13.7. The van der Waals surface area contributed by atoms with Gasteiger partial charge >= 0.3 is 23.9 Å². The van der Waals surface area contributed by atoms with E-state index in [0.717, 1.165) is 0 Å². The third kappa shape index (κ3) is 7.17. The number of benzene rings is 4. The Kier molecular flexibility index (Phi) is 9.43. The van der Waals surface area contributed by atoms with Crippen LogP contribution < -0.4 is 0 Å². The second-order valence-corrected chi connectivity index (χ2v) is 9.84. The molecule has 1 saturated heterocycles. The highest BCUT2D eigenvalue weighted by molar-refractivity contribution is 5.91. The van der Waals surface area contributed by atoms with Gasteiger partial charge in [-0.15, -0.1) is 0 Å². The topological polar surface area (TPSA) is 135 Å². The van der Waals surface area contributed by atoms with Crippen LogP contribution in [-0.2, 0) is 23.7 Å². The van der Waals surface area contributed by atoms with Gasteiger partial charge in [-0.1, -0.05) is 72.8 Å². The zero-order chi connectivity index (χ0) is 30.9. The van der Waals surface area contributed by atoms with Crippen molar-refractivity contribution in [2.75, 3.05) is 13.2 Å². The van der Waals surface area contributed by atoms with Gasteiger partial charge in [-0.05, 0) is 48.5 Å². The standard InChI is InChI=1S/C34H28O10/c35-30(23-13-5-1-6-14-23)40-22-34(39)29(44-33(38)26-19-11-4-12-20-26)28(43-32(37)25-17-9-3-10-18-25)27(21-41-34)42-31(36)24-15-7-2-8-16-24/h1-20,27-29,39H,21-22H2. The summed E-state index contributed by atoms with van der Waals surface area (Å²) in [7, 11) is 0. The van der Waals surface area contributed by atoms with E-state index in [4.69, 9.17) is 23.7 Å². The highest BCUT2D eigenvalue weighted by Gasteiger charge is 2.57. The van der Waals surface area contributed by atoms with Crippen LogP contribution in [0.3, 0.4) is 0 Å². The average molecular weight is 597 g/mol. The van der Waals surface area contributed by atoms with Gasteiger partial charge in [-0.25, -0.2) is 19.2 Å². The molecular weight excluding hydrogens is 568 g/mol. The fourth-order valence-corrected chi connectivity index (χ4v) is 4.51. The van der Waals surface area contributed by atoms with E-state index in [1.807, 2.05) is 0 Å². The molecule has 1 heterocycles. The Bertz CT molecular complexity index is 1580. The van der Waals surface area contributed by atoms with Crippen LogP contribution in [0, 0.1) is 0 Å². The number of ether oxygens (including phenoxy) is 5. The molecule has 10 heteroatoms. The number of hydrogen-bond acceptors (Lipinski definition) is 10. The van der Waals surface area contributed by atoms with Gasteiger partial charge in [-0.2, -0.15) is 0 Å². The van der Waals surface area contributed by atoms with Crippen molar-refractivity contribution in [2.45, 2.75) is 24.1 Å². The van der Waals surface area contributed by atoms with E-state index in [1.54, 1.807) is 72.8 Å². The fraction of sp³-hybridized carbons (Fsp3) is 0.176. The minimum atomic E-state index is -2.51. The third-order valence-corrected chi connectivity index (χ3v) is 6.79. The van der Waals surface area contributed by atoms with Crippen molar-refractivity contribution in [3.8, 4) is 0 Å². The van der Waals surface area contributed by atoms with Crippen LogP contribution in [0.25, 0.3) is 0 Å². The van der Waals surface area contributed by atoms with Crippen LogP contribution in [-0.4, -0.2) is 66.3 Å². The first-order valence-electron chi connectivity index (χ1n) is 13.7. The lowest BCUT2D eigenvalue weighted by Crippen LogP contribution is -2.66. The Balaban J connectivity index is 1.48. The summed E-state index contributed by atoms with van der Waals surface area (Å²) in [6.07, 6.45) is -4.74. The van der Waals surface area contributed by atoms with E-state index >= 15 is 0 Å². The van der Waals surface area contributed by atoms with Crippen LogP contribution >= 0.6 is 0 Å². The summed E-state index contributed by atoms with van der Waals surface area (Å²) in [5, 5.41) is 11.7. The van der Waals surface area contributed by atoms with Crippen molar-refractivity contribution in [1.29, 1.82) is 0 Å². The molecule has 4 unspecified atom stereocenters. The maximum Gasteiger partial charge on any atom is 0.338 e. The maximum absolute atomic E-state index is 13.3. The molecule has 1 aliphatic rings. The van der Waals surface area contributed by atoms with Crippen LogP contribution in [0.15, 0.2) is 121 Å². The molecule has 1 fully saturated rings. The van der Waals surface area contributed by atoms with E-state index in [0.29, 0.717) is 0 Å². The largest absolute Gasteiger partial charge is 0.456 e. The molecule has 0 bridgehead atoms. The monoisotopic (exact) mass is 596 g/mol. The van der Waals surface area contributed by atoms with Crippen molar-refractivity contribution >= 4 is 23.9 Å². The van der Waals surface area contributed by atoms with Crippen LogP contribution in [0.1, 0.15) is 41.4 Å². The fourth-order valence-electron chi connectivity index (χ4n) is 4.51. The van der Waals surface area contributed by atoms with Crippen molar-refractivity contribution in [3.63, 3.8) is 0 Å². The predicted octanol–water partition coefficient (Wildman–Crippen LogP) is 4.24. The average Bonchev–Trinajstić information content (AvgIpc) is 3.08. The summed E-state index contributed by atoms with van der Waals surface area (Å²) in [6, 6.07) is 32.0. The zero-order valence-electron chi connectivity index (χ0n) is 23.3. The molecule has 0 spiro atoms. The molecule has 4 atom stereocenters. The molecule has 4 aromatic carbocycles. The van der Waals surface area contributed by atoms with Crippen LogP contribution in [0.2, 0.25) is 0 Å². The number of hydrogen-bond donors (Lipinski definition) is 1. The smallest absolute Gasteiger partial charge is 0.338 e. The van der Waals surface area contributed by atoms with Gasteiger partial charge in [0, 0.05) is 0 Å². The van der Waals surface area contributed by atoms with Crippen molar-refractivity contribution in [1.82, 2.24) is 0 Å². The molecule has 1 N–H and O–H groups in total. The van der Waals surface area contributed by atoms with E-state index in [-0.39, 0.29) is 22.3 Å². The lowest BCUT2D eigenvalue weighted by molar-refractivity contribution is -0.327. The lowest BCUT2D eigenvalue weighted by atomic mass is 9.96. The number of esters is 4. The first-order chi connectivity index (χ1) is 21.3. The Morgan fingerprint density at radius 1 is 0.591 bits per heavy atom. The van der Waals surface area contributed by atoms with Gasteiger partial charge in [0.05, 0.1) is 28.9 Å². The summed E-state index contributed by atoms with van der Waals surface area (Å²) in [4.78, 5) is 52.3. The van der Waals surface area contributed by atoms with Crippen molar-refractivity contribution < 1.29 is 48.0 Å². The number of carbonyl (C=O) groups excluding carboxylic acids is 4. The second-order valence-electron chi connectivity index (χ2n) is 9.84. The molecule has 0 radical (unpaired) electrons. The minimum Gasteiger partial charge on any atom is -0.456 e. The first kappa shape index (κ1) is 30.1. The number of aliphatic hydroxyl groups is 1. The molecule has 224 valence electrons. The molecule has 10 nitrogen and oxygen atoms in total. The molecule has 0 saturated carbocycles. The third-order valence-electron chi connectivity index (χ3n) is 6.79. The SMILES string of the molecule is O=C(OCC1(O)OCC(OC(=O)c2ccccc2)C(OC(=O)c2ccccc2)C1OC(=O)c1ccccc1)c1ccccc1. The summed E-state index contributed by atoms with van der Waals surface area (Å²) in [5.41, 5.74) is 0.675. The van der Waals surface area contributed by atoms with Gasteiger partial charge < -0.3 is 28.8 Å². The normalized spacial score (nSPS) is 21.0. The predicted molar refractivity (Wildman–Crippen MR) is 155 cm³/mol. The number of rotatable bonds is 9. The van der Waals surface area contributed by atoms with Crippen molar-refractivity contribution in [2.24, 2.45) is 0 Å². The Morgan fingerprint density at radius 2 is 0.977 bits per heavy atom. The number of carbonyl (C=O) groups is 4. The maximum atomic E-state index is 13.3. The minimum absolute atomic E-state index is 0.118. The molecular formula is C34H28O10. The highest BCUT2D eigenvalue weighted by atomic mass is 16.7. The summed E-state index contributed by atoms with van der Waals surface area (Å²) < 4.78 is 28.3. The summed E-state index contributed by atoms with van der Waals surface area (Å²) >= 11 is 0. The zero-order valence-corrected chi connectivity index (χ0v) is 23.3. The summed E-state index contributed by atoms with van der Waals surface area (Å²) in [6.45, 7) is -1.31. The molecule has 4 aromatic rings. The quantitative estimate of drug-likeness (QED) is 0.221. The molecule has 44 heavy (non-hydrogen) atoms. The molecule has 0 amide bonds. The van der Waals surface area contributed by atoms with E-state index in [9.17, 15) is 24.3 Å². The van der Waals surface area contributed by atoms with Gasteiger partial charge in [0.2, 0.25) is 5.79 Å². The van der Waals surface area contributed by atoms with Crippen LogP contribution in [0.5, 0.6) is 0 Å². The van der Waals surface area contributed by atoms with Gasteiger partial charge in [0.15, 0.2) is 18.3 Å². The molecule has 0 aromatic heterocycles. The molecule has 0 aliphatic carbocycles. The lowest BCUT2D eigenvalue weighted by Gasteiger charge is -2.45. The Labute approximate surface area is 252 Å². The Morgan fingerprint density at radius 3 is 1.43 bits per heavy atom. The van der Waals surface area contributed by atoms with E-state index in [1.165, 1.54) is 48.5 Å². The molecule has 1 aliphatic heterocycles.